The first-order valence-electron chi connectivity index (χ1n) is 41.3. The Balaban J connectivity index is 0.0000000928. The molecule has 23 rings (SSSR count). The number of hydrogen-bond donors (Lipinski definition) is 3. The number of carbonyl (C=O) groups is 8. The van der Waals surface area contributed by atoms with Gasteiger partial charge in [-0.2, -0.15) is 0 Å². The molecule has 104 heavy (non-hydrogen) atoms. The van der Waals surface area contributed by atoms with Crippen LogP contribution in [0.3, 0.4) is 0 Å². The summed E-state index contributed by atoms with van der Waals surface area (Å²) in [5, 5.41) is 33.9. The standard InChI is InChI=1S/C24H34O6.C20H28O5.C20H26O5.C20H24O4/c1-20-4-2-18-16(17(20)3-5-24(20)28-8-9-29-24)10-19-22(30-19)13-23(26-6-7-27-23)15-11-21(18,22)14-25-12-15;2*1-18-5-4-14-12(13(18)2-3-16(18)22)6-17(23)20(24)8-15(21)11-7-19(14,20)10-25-9-11;1-19-5-4-14-12(13(19)2-3-18(19)23)6-17(22)15-7-16(21)11-8-20(14,15)10-24-9-11/h15-19H,2-14H2,1H3;11-14,17,23-24H,2-10H2,1H3;11-14,24H,2-10H2,1H3;7,11-14H,2-6,8-10H2,1H3. The summed E-state index contributed by atoms with van der Waals surface area (Å²) < 4.78 is 55.7. The number of epoxide rings is 1. The minimum Gasteiger partial charge on any atom is -0.390 e. The topological polar surface area (TPSA) is 284 Å². The molecule has 7 aliphatic heterocycles. The second-order valence-electron chi connectivity index (χ2n) is 39.9. The number of rotatable bonds is 0. The molecule has 8 bridgehead atoms. The molecule has 0 radical (unpaired) electrons. The fourth-order valence-corrected chi connectivity index (χ4v) is 31.9. The van der Waals surface area contributed by atoms with E-state index in [4.69, 9.17) is 42.6 Å². The molecule has 20 nitrogen and oxygen atoms in total. The van der Waals surface area contributed by atoms with Crippen LogP contribution in [0.15, 0.2) is 11.6 Å². The van der Waals surface area contributed by atoms with Crippen molar-refractivity contribution < 1.29 is 96.3 Å². The van der Waals surface area contributed by atoms with Gasteiger partial charge in [-0.15, -0.1) is 0 Å². The Hall–Kier alpha value is -3.38. The third-order valence-electron chi connectivity index (χ3n) is 37.1. The van der Waals surface area contributed by atoms with Crippen LogP contribution in [-0.4, -0.2) is 181 Å². The molecule has 7 spiro atoms. The fourth-order valence-electron chi connectivity index (χ4n) is 31.9. The van der Waals surface area contributed by atoms with Gasteiger partial charge < -0.3 is 58.0 Å². The predicted octanol–water partition coefficient (Wildman–Crippen LogP) is 8.57. The van der Waals surface area contributed by atoms with Crippen molar-refractivity contribution in [3.63, 3.8) is 0 Å². The number of ether oxygens (including phenoxy) is 9. The van der Waals surface area contributed by atoms with Crippen molar-refractivity contribution in [1.29, 1.82) is 0 Å². The molecule has 29 atom stereocenters. The van der Waals surface area contributed by atoms with Gasteiger partial charge in [-0.05, 0) is 193 Å². The van der Waals surface area contributed by atoms with E-state index in [2.05, 4.69) is 27.7 Å². The summed E-state index contributed by atoms with van der Waals surface area (Å²) in [4.78, 5) is 101. The summed E-state index contributed by atoms with van der Waals surface area (Å²) in [5.41, 5.74) is -4.18. The Kier molecular flexibility index (Phi) is 15.5. The lowest BCUT2D eigenvalue weighted by molar-refractivity contribution is -0.304. The number of Topliss-reactive ketones (excluding diaryl/α,β-unsaturated/α-hetero) is 7. The molecule has 0 aromatic carbocycles. The molecule has 0 amide bonds. The van der Waals surface area contributed by atoms with Gasteiger partial charge in [-0.1, -0.05) is 27.7 Å². The van der Waals surface area contributed by atoms with Gasteiger partial charge in [0.25, 0.3) is 0 Å². The van der Waals surface area contributed by atoms with Gasteiger partial charge in [0.05, 0.1) is 91.5 Å². The zero-order valence-corrected chi connectivity index (χ0v) is 61.8. The smallest absolute Gasteiger partial charge is 0.176 e. The van der Waals surface area contributed by atoms with Crippen LogP contribution in [0.2, 0.25) is 0 Å². The van der Waals surface area contributed by atoms with E-state index in [1.54, 1.807) is 6.08 Å². The van der Waals surface area contributed by atoms with Gasteiger partial charge in [-0.3, -0.25) is 38.4 Å². The van der Waals surface area contributed by atoms with E-state index >= 15 is 0 Å². The highest BCUT2D eigenvalue weighted by molar-refractivity contribution is 6.07. The van der Waals surface area contributed by atoms with E-state index in [0.717, 1.165) is 115 Å². The van der Waals surface area contributed by atoms with Crippen LogP contribution in [0.4, 0.5) is 0 Å². The monoisotopic (exact) mass is 1440 g/mol. The highest BCUT2D eigenvalue weighted by Gasteiger charge is 2.84. The van der Waals surface area contributed by atoms with Crippen LogP contribution in [-0.2, 0) is 81.0 Å². The molecule has 7 heterocycles. The molecule has 29 unspecified atom stereocenters. The van der Waals surface area contributed by atoms with Gasteiger partial charge in [0.15, 0.2) is 28.9 Å². The highest BCUT2D eigenvalue weighted by atomic mass is 16.7. The average molecular weight is 1440 g/mol. The van der Waals surface area contributed by atoms with Crippen molar-refractivity contribution in [2.45, 2.75) is 242 Å². The first-order chi connectivity index (χ1) is 49.7. The quantitative estimate of drug-likeness (QED) is 0.191. The lowest BCUT2D eigenvalue weighted by Crippen LogP contribution is -2.73. The molecule has 16 aliphatic carbocycles. The van der Waals surface area contributed by atoms with Crippen molar-refractivity contribution in [3.8, 4) is 0 Å². The summed E-state index contributed by atoms with van der Waals surface area (Å²) in [5.74, 6) is 4.69. The summed E-state index contributed by atoms with van der Waals surface area (Å²) in [6.07, 6.45) is 22.4. The van der Waals surface area contributed by atoms with Crippen LogP contribution >= 0.6 is 0 Å². The van der Waals surface area contributed by atoms with E-state index in [1.165, 1.54) is 25.7 Å². The number of aliphatic hydroxyl groups excluding tert-OH is 1. The Morgan fingerprint density at radius 1 is 0.462 bits per heavy atom. The second kappa shape index (κ2) is 23.1. The third kappa shape index (κ3) is 8.81. The van der Waals surface area contributed by atoms with Crippen molar-refractivity contribution in [3.05, 3.63) is 11.6 Å². The summed E-state index contributed by atoms with van der Waals surface area (Å²) in [7, 11) is 0. The van der Waals surface area contributed by atoms with Crippen molar-refractivity contribution >= 4 is 46.3 Å². The molecule has 0 aromatic heterocycles. The third-order valence-corrected chi connectivity index (χ3v) is 37.1. The van der Waals surface area contributed by atoms with Crippen molar-refractivity contribution in [2.24, 2.45) is 138 Å². The lowest BCUT2D eigenvalue weighted by Gasteiger charge is -2.66. The van der Waals surface area contributed by atoms with Crippen LogP contribution < -0.4 is 0 Å². The minimum atomic E-state index is -1.56. The Morgan fingerprint density at radius 2 is 0.981 bits per heavy atom. The first-order valence-corrected chi connectivity index (χ1v) is 41.3. The Labute approximate surface area is 610 Å². The summed E-state index contributed by atoms with van der Waals surface area (Å²) in [6, 6.07) is 0. The summed E-state index contributed by atoms with van der Waals surface area (Å²) >= 11 is 0. The molecule has 568 valence electrons. The Morgan fingerprint density at radius 3 is 1.65 bits per heavy atom. The SMILES string of the molecule is CC12CCC3C(CC(=O)C4(O)CC(=O)C5COCC34C5)C1CCC2=O.CC12CCC3C(CC(=O)C4=CC(=O)C5COCC43C5)C1CCC2=O.CC12CCC3C(CC(O)C4(O)CC(=O)C5COCC34C5)C1CCC2=O.CC12CCC3C(CC4OC45CC4(OCCO4)C4COCC35C4)C1CCC21OCCO1. The van der Waals surface area contributed by atoms with Crippen molar-refractivity contribution in [2.75, 3.05) is 79.3 Å². The van der Waals surface area contributed by atoms with E-state index < -0.39 is 33.9 Å². The molecule has 0 aromatic rings. The number of hydrogen-bond acceptors (Lipinski definition) is 20. The maximum atomic E-state index is 13.1. The predicted molar refractivity (Wildman–Crippen MR) is 367 cm³/mol. The maximum absolute atomic E-state index is 13.1. The molecule has 15 saturated carbocycles. The molecule has 20 heteroatoms. The number of aliphatic hydroxyl groups is 3. The minimum absolute atomic E-state index is 0.0266. The molecular formula is C84H112O20. The highest BCUT2D eigenvalue weighted by Crippen LogP contribution is 2.79. The average Bonchev–Trinajstić information content (AvgIpc) is 1.48. The van der Waals surface area contributed by atoms with Gasteiger partial charge >= 0.3 is 0 Å². The largest absolute Gasteiger partial charge is 0.390 e. The van der Waals surface area contributed by atoms with Gasteiger partial charge in [-0.25, -0.2) is 0 Å². The first kappa shape index (κ1) is 69.8. The van der Waals surface area contributed by atoms with E-state index in [0.29, 0.717) is 169 Å². The van der Waals surface area contributed by atoms with Crippen molar-refractivity contribution in [1.82, 2.24) is 0 Å². The summed E-state index contributed by atoms with van der Waals surface area (Å²) in [6.45, 7) is 16.1. The van der Waals surface area contributed by atoms with Crippen LogP contribution in [0, 0.1) is 138 Å². The van der Waals surface area contributed by atoms with Crippen LogP contribution in [0.1, 0.15) is 201 Å². The number of fused-ring (bicyclic) bond motifs is 18. The number of ketones is 8. The van der Waals surface area contributed by atoms with Gasteiger partial charge in [0.1, 0.15) is 45.7 Å². The zero-order chi connectivity index (χ0) is 71.7. The van der Waals surface area contributed by atoms with Gasteiger partial charge in [0.2, 0.25) is 0 Å². The van der Waals surface area contributed by atoms with Crippen LogP contribution in [0.5, 0.6) is 0 Å². The van der Waals surface area contributed by atoms with E-state index in [9.17, 15) is 53.7 Å². The lowest BCUT2D eigenvalue weighted by atomic mass is 9.41. The van der Waals surface area contributed by atoms with Crippen LogP contribution in [0.25, 0.3) is 0 Å². The normalized spacial score (nSPS) is 55.5. The fraction of sp³-hybridized carbons (Fsp3) is 0.881. The second-order valence-corrected chi connectivity index (χ2v) is 39.9. The molecule has 7 saturated heterocycles. The zero-order valence-electron chi connectivity index (χ0n) is 61.8. The Bertz CT molecular complexity index is 3740. The van der Waals surface area contributed by atoms with Gasteiger partial charge in [0, 0.05) is 130 Å². The molecule has 3 N–H and O–H groups in total. The molecule has 22 fully saturated rings. The number of carbonyl (C=O) groups excluding carboxylic acids is 8. The molecule has 23 aliphatic rings. The maximum Gasteiger partial charge on any atom is 0.176 e. The van der Waals surface area contributed by atoms with E-state index in [1.807, 2.05) is 0 Å². The molecular weight excluding hydrogens is 1330 g/mol. The van der Waals surface area contributed by atoms with E-state index in [-0.39, 0.29) is 139 Å².